The molecule has 0 aromatic carbocycles. The Morgan fingerprint density at radius 1 is 1.26 bits per heavy atom. The van der Waals surface area contributed by atoms with Gasteiger partial charge in [-0.2, -0.15) is 5.10 Å². The van der Waals surface area contributed by atoms with E-state index in [0.29, 0.717) is 30.3 Å². The van der Waals surface area contributed by atoms with E-state index in [1.54, 1.807) is 12.3 Å². The second kappa shape index (κ2) is 5.73. The van der Waals surface area contributed by atoms with Gasteiger partial charge in [-0.3, -0.25) is 14.7 Å². The summed E-state index contributed by atoms with van der Waals surface area (Å²) in [5.41, 5.74) is 2.44. The number of pyridine rings is 1. The number of H-pyrrole nitrogens is 2. The molecule has 0 saturated carbocycles. The Morgan fingerprint density at radius 3 is 3.04 bits per heavy atom. The molecular weight excluding hydrogens is 344 g/mol. The first kappa shape index (κ1) is 16.2. The van der Waals surface area contributed by atoms with Crippen LogP contribution in [0.15, 0.2) is 23.1 Å². The Bertz CT molecular complexity index is 1120. The number of nitrogens with one attached hydrogen (secondary N) is 2. The van der Waals surface area contributed by atoms with Gasteiger partial charge in [-0.1, -0.05) is 0 Å². The number of hydrogen-bond donors (Lipinski definition) is 2. The second-order valence-corrected chi connectivity index (χ2v) is 7.59. The lowest BCUT2D eigenvalue weighted by molar-refractivity contribution is 0.0627. The van der Waals surface area contributed by atoms with Crippen molar-refractivity contribution in [1.29, 1.82) is 0 Å². The predicted molar refractivity (Wildman–Crippen MR) is 98.6 cm³/mol. The number of aromatic nitrogens is 5. The van der Waals surface area contributed by atoms with Crippen LogP contribution in [0.2, 0.25) is 0 Å². The van der Waals surface area contributed by atoms with E-state index in [2.05, 4.69) is 25.1 Å². The fourth-order valence-corrected chi connectivity index (χ4v) is 4.57. The molecule has 1 amide bonds. The summed E-state index contributed by atoms with van der Waals surface area (Å²) in [4.78, 5) is 39.1. The van der Waals surface area contributed by atoms with Crippen LogP contribution in [0, 0.1) is 6.92 Å². The Labute approximate surface area is 155 Å². The summed E-state index contributed by atoms with van der Waals surface area (Å²) in [7, 11) is 0. The maximum Gasteiger partial charge on any atom is 0.272 e. The average Bonchev–Trinajstić information content (AvgIpc) is 3.26. The van der Waals surface area contributed by atoms with Crippen LogP contribution in [-0.2, 0) is 11.8 Å². The van der Waals surface area contributed by atoms with E-state index in [1.807, 2.05) is 17.9 Å². The van der Waals surface area contributed by atoms with Crippen molar-refractivity contribution in [3.63, 3.8) is 0 Å². The third-order valence-corrected chi connectivity index (χ3v) is 5.87. The van der Waals surface area contributed by atoms with Crippen molar-refractivity contribution in [1.82, 2.24) is 30.0 Å². The number of hydrogen-bond acceptors (Lipinski definition) is 5. The summed E-state index contributed by atoms with van der Waals surface area (Å²) in [6.07, 6.45) is 5.11. The number of piperidine rings is 1. The normalized spacial score (nSPS) is 21.7. The van der Waals surface area contributed by atoms with Gasteiger partial charge in [0.2, 0.25) is 0 Å². The van der Waals surface area contributed by atoms with Crippen molar-refractivity contribution in [2.75, 3.05) is 13.1 Å². The lowest BCUT2D eigenvalue weighted by Gasteiger charge is -2.40. The molecule has 1 spiro atoms. The Balaban J connectivity index is 1.48. The molecule has 1 saturated heterocycles. The number of rotatable bonds is 1. The molecule has 138 valence electrons. The summed E-state index contributed by atoms with van der Waals surface area (Å²) in [5, 5.41) is 7.65. The third kappa shape index (κ3) is 2.47. The smallest absolute Gasteiger partial charge is 0.272 e. The molecule has 1 aliphatic carbocycles. The summed E-state index contributed by atoms with van der Waals surface area (Å²) < 4.78 is 0. The van der Waals surface area contributed by atoms with Gasteiger partial charge >= 0.3 is 0 Å². The van der Waals surface area contributed by atoms with Gasteiger partial charge in [0, 0.05) is 29.5 Å². The standard InChI is InChI=1S/C19H20N6O2/c1-11-21-15-13(17(26)22-11)5-7-19(15)6-2-8-25(10-19)18(27)14-4-3-12-9-20-24-16(12)23-14/h3-4,9H,2,5-8,10H2,1H3,(H,20,23,24)(H,21,22,26). The van der Waals surface area contributed by atoms with E-state index < -0.39 is 0 Å². The topological polar surface area (TPSA) is 108 Å². The zero-order valence-corrected chi connectivity index (χ0v) is 15.1. The minimum Gasteiger partial charge on any atom is -0.336 e. The number of nitrogens with zero attached hydrogens (tertiary/aromatic N) is 4. The summed E-state index contributed by atoms with van der Waals surface area (Å²) >= 11 is 0. The van der Waals surface area contributed by atoms with Crippen LogP contribution in [0.25, 0.3) is 11.0 Å². The molecule has 27 heavy (non-hydrogen) atoms. The number of carbonyl (C=O) groups is 1. The minimum absolute atomic E-state index is 0.0378. The van der Waals surface area contributed by atoms with E-state index in [-0.39, 0.29) is 16.9 Å². The Morgan fingerprint density at radius 2 is 2.15 bits per heavy atom. The van der Waals surface area contributed by atoms with Gasteiger partial charge in [0.25, 0.3) is 11.5 Å². The number of aromatic amines is 2. The molecule has 1 atom stereocenters. The van der Waals surface area contributed by atoms with Crippen molar-refractivity contribution in [3.05, 3.63) is 51.5 Å². The predicted octanol–water partition coefficient (Wildman–Crippen LogP) is 1.47. The van der Waals surface area contributed by atoms with Crippen molar-refractivity contribution in [2.45, 2.75) is 38.0 Å². The molecule has 1 aliphatic heterocycles. The molecule has 1 unspecified atom stereocenters. The van der Waals surface area contributed by atoms with Gasteiger partial charge in [-0.15, -0.1) is 0 Å². The highest BCUT2D eigenvalue weighted by Crippen LogP contribution is 2.43. The molecule has 3 aromatic rings. The van der Waals surface area contributed by atoms with E-state index in [1.165, 1.54) is 0 Å². The van der Waals surface area contributed by atoms with Crippen LogP contribution in [0.4, 0.5) is 0 Å². The van der Waals surface area contributed by atoms with E-state index in [9.17, 15) is 9.59 Å². The SMILES string of the molecule is Cc1nc2c(c(=O)[nH]1)CCC21CCCN(C(=O)c2ccc3cn[nH]c3n2)C1. The first-order valence-electron chi connectivity index (χ1n) is 9.25. The first-order chi connectivity index (χ1) is 13.1. The number of likely N-dealkylation sites (tertiary alicyclic amines) is 1. The van der Waals surface area contributed by atoms with Gasteiger partial charge in [0.05, 0.1) is 11.9 Å². The monoisotopic (exact) mass is 364 g/mol. The highest BCUT2D eigenvalue weighted by atomic mass is 16.2. The highest BCUT2D eigenvalue weighted by molar-refractivity contribution is 5.94. The fraction of sp³-hybridized carbons (Fsp3) is 0.421. The van der Waals surface area contributed by atoms with Crippen LogP contribution >= 0.6 is 0 Å². The fourth-order valence-electron chi connectivity index (χ4n) is 4.57. The first-order valence-corrected chi connectivity index (χ1v) is 9.25. The third-order valence-electron chi connectivity index (χ3n) is 5.87. The van der Waals surface area contributed by atoms with Crippen LogP contribution in [0.5, 0.6) is 0 Å². The van der Waals surface area contributed by atoms with Gasteiger partial charge in [-0.05, 0) is 44.7 Å². The average molecular weight is 364 g/mol. The van der Waals surface area contributed by atoms with Crippen molar-refractivity contribution >= 4 is 16.9 Å². The van der Waals surface area contributed by atoms with Gasteiger partial charge < -0.3 is 9.88 Å². The van der Waals surface area contributed by atoms with Crippen molar-refractivity contribution < 1.29 is 4.79 Å². The van der Waals surface area contributed by atoms with E-state index in [0.717, 1.165) is 42.3 Å². The zero-order chi connectivity index (χ0) is 18.6. The maximum atomic E-state index is 13.1. The largest absolute Gasteiger partial charge is 0.336 e. The summed E-state index contributed by atoms with van der Waals surface area (Å²) in [5.74, 6) is 0.551. The number of carbonyl (C=O) groups excluding carboxylic acids is 1. The van der Waals surface area contributed by atoms with Crippen LogP contribution in [-0.4, -0.2) is 49.0 Å². The quantitative estimate of drug-likeness (QED) is 0.680. The lowest BCUT2D eigenvalue weighted by Crippen LogP contribution is -2.48. The number of amides is 1. The number of fused-ring (bicyclic) bond motifs is 3. The van der Waals surface area contributed by atoms with E-state index >= 15 is 0 Å². The van der Waals surface area contributed by atoms with E-state index in [4.69, 9.17) is 0 Å². The van der Waals surface area contributed by atoms with Crippen LogP contribution in [0.3, 0.4) is 0 Å². The van der Waals surface area contributed by atoms with Crippen molar-refractivity contribution in [3.8, 4) is 0 Å². The highest BCUT2D eigenvalue weighted by Gasteiger charge is 2.45. The zero-order valence-electron chi connectivity index (χ0n) is 15.1. The molecule has 8 nitrogen and oxygen atoms in total. The molecule has 8 heteroatoms. The molecule has 3 aromatic heterocycles. The summed E-state index contributed by atoms with van der Waals surface area (Å²) in [6.45, 7) is 3.08. The lowest BCUT2D eigenvalue weighted by atomic mass is 9.77. The van der Waals surface area contributed by atoms with Crippen LogP contribution in [0.1, 0.15) is 46.8 Å². The Kier molecular flexibility index (Phi) is 3.43. The maximum absolute atomic E-state index is 13.1. The second-order valence-electron chi connectivity index (χ2n) is 7.59. The molecule has 4 heterocycles. The molecule has 5 rings (SSSR count). The summed E-state index contributed by atoms with van der Waals surface area (Å²) in [6, 6.07) is 3.60. The molecule has 0 radical (unpaired) electrons. The number of aryl methyl sites for hydroxylation is 1. The van der Waals surface area contributed by atoms with Gasteiger partial charge in [0.15, 0.2) is 5.65 Å². The van der Waals surface area contributed by atoms with Gasteiger partial charge in [-0.25, -0.2) is 9.97 Å². The molecule has 0 bridgehead atoms. The minimum atomic E-state index is -0.222. The molecule has 1 fully saturated rings. The Hall–Kier alpha value is -3.03. The van der Waals surface area contributed by atoms with Crippen LogP contribution < -0.4 is 5.56 Å². The molecule has 2 aliphatic rings. The van der Waals surface area contributed by atoms with Crippen molar-refractivity contribution in [2.24, 2.45) is 0 Å². The molecular formula is C19H20N6O2. The molecule has 2 N–H and O–H groups in total. The van der Waals surface area contributed by atoms with Gasteiger partial charge in [0.1, 0.15) is 11.5 Å².